The van der Waals surface area contributed by atoms with E-state index in [9.17, 15) is 4.79 Å². The number of rotatable bonds is 4. The zero-order valence-corrected chi connectivity index (χ0v) is 11.8. The summed E-state index contributed by atoms with van der Waals surface area (Å²) < 4.78 is 1.64. The van der Waals surface area contributed by atoms with Crippen molar-refractivity contribution >= 4 is 23.2 Å². The van der Waals surface area contributed by atoms with Crippen LogP contribution in [0, 0.1) is 6.92 Å². The number of nitrogens with zero attached hydrogens (tertiary/aromatic N) is 3. The maximum atomic E-state index is 11.9. The standard InChI is InChI=1S/C11H19N5OS/c1-4-5-6-16(11(12)18)14-10(17)9-7-8(2)15(3)13-9/h7H,4-6H2,1-3H3,(H2,12,18)(H,14,17). The summed E-state index contributed by atoms with van der Waals surface area (Å²) in [6.07, 6.45) is 1.90. The molecule has 100 valence electrons. The predicted octanol–water partition coefficient (Wildman–Crippen LogP) is 0.719. The summed E-state index contributed by atoms with van der Waals surface area (Å²) in [5, 5.41) is 5.73. The summed E-state index contributed by atoms with van der Waals surface area (Å²) in [6.45, 7) is 4.54. The number of unbranched alkanes of at least 4 members (excludes halogenated alkanes) is 1. The van der Waals surface area contributed by atoms with E-state index in [1.807, 2.05) is 6.92 Å². The van der Waals surface area contributed by atoms with E-state index in [1.54, 1.807) is 17.8 Å². The first-order valence-electron chi connectivity index (χ1n) is 5.84. The van der Waals surface area contributed by atoms with E-state index >= 15 is 0 Å². The summed E-state index contributed by atoms with van der Waals surface area (Å²) in [5.41, 5.74) is 9.48. The number of nitrogens with one attached hydrogen (secondary N) is 1. The van der Waals surface area contributed by atoms with Gasteiger partial charge in [-0.1, -0.05) is 13.3 Å². The molecule has 1 heterocycles. The lowest BCUT2D eigenvalue weighted by Crippen LogP contribution is -2.49. The molecule has 1 amide bonds. The van der Waals surface area contributed by atoms with E-state index < -0.39 is 0 Å². The molecule has 0 aliphatic heterocycles. The first kappa shape index (κ1) is 14.4. The van der Waals surface area contributed by atoms with Gasteiger partial charge in [-0.2, -0.15) is 5.10 Å². The summed E-state index contributed by atoms with van der Waals surface area (Å²) in [5.74, 6) is -0.303. The maximum absolute atomic E-state index is 11.9. The van der Waals surface area contributed by atoms with Crippen molar-refractivity contribution < 1.29 is 4.79 Å². The monoisotopic (exact) mass is 269 g/mol. The van der Waals surface area contributed by atoms with Gasteiger partial charge in [-0.05, 0) is 31.6 Å². The number of hydrazine groups is 1. The Labute approximate surface area is 112 Å². The molecule has 0 aliphatic carbocycles. The van der Waals surface area contributed by atoms with Gasteiger partial charge in [0.05, 0.1) is 0 Å². The molecule has 0 unspecified atom stereocenters. The fourth-order valence-electron chi connectivity index (χ4n) is 1.39. The molecule has 1 aromatic heterocycles. The first-order valence-corrected chi connectivity index (χ1v) is 6.25. The van der Waals surface area contributed by atoms with Crippen LogP contribution in [0.4, 0.5) is 0 Å². The van der Waals surface area contributed by atoms with E-state index in [2.05, 4.69) is 17.4 Å². The highest BCUT2D eigenvalue weighted by molar-refractivity contribution is 7.80. The Hall–Kier alpha value is -1.63. The second-order valence-corrected chi connectivity index (χ2v) is 4.50. The fraction of sp³-hybridized carbons (Fsp3) is 0.545. The molecule has 6 nitrogen and oxygen atoms in total. The van der Waals surface area contributed by atoms with Crippen LogP contribution in [0.5, 0.6) is 0 Å². The Balaban J connectivity index is 2.69. The number of carbonyl (C=O) groups excluding carboxylic acids is 1. The molecule has 7 heteroatoms. The molecular formula is C11H19N5OS. The second kappa shape index (κ2) is 6.34. The van der Waals surface area contributed by atoms with Gasteiger partial charge in [0.1, 0.15) is 0 Å². The Morgan fingerprint density at radius 2 is 2.33 bits per heavy atom. The van der Waals surface area contributed by atoms with Gasteiger partial charge >= 0.3 is 0 Å². The van der Waals surface area contributed by atoms with Gasteiger partial charge in [0, 0.05) is 19.3 Å². The van der Waals surface area contributed by atoms with Crippen LogP contribution in [-0.2, 0) is 7.05 Å². The molecule has 0 radical (unpaired) electrons. The Morgan fingerprint density at radius 3 is 2.78 bits per heavy atom. The third-order valence-corrected chi connectivity index (χ3v) is 2.80. The van der Waals surface area contributed by atoms with Crippen LogP contribution < -0.4 is 11.2 Å². The van der Waals surface area contributed by atoms with E-state index in [0.29, 0.717) is 12.2 Å². The van der Waals surface area contributed by atoms with E-state index in [-0.39, 0.29) is 11.0 Å². The summed E-state index contributed by atoms with van der Waals surface area (Å²) in [7, 11) is 1.79. The number of carbonyl (C=O) groups is 1. The number of amides is 1. The molecule has 0 atom stereocenters. The number of aryl methyl sites for hydroxylation is 2. The van der Waals surface area contributed by atoms with Crippen LogP contribution in [0.3, 0.4) is 0 Å². The SMILES string of the molecule is CCCCN(NC(=O)c1cc(C)n(C)n1)C(N)=S. The minimum atomic E-state index is -0.303. The molecule has 0 aliphatic rings. The highest BCUT2D eigenvalue weighted by atomic mass is 32.1. The van der Waals surface area contributed by atoms with Gasteiger partial charge in [-0.25, -0.2) is 0 Å². The largest absolute Gasteiger partial charge is 0.375 e. The average Bonchev–Trinajstić information content (AvgIpc) is 2.64. The van der Waals surface area contributed by atoms with Crippen LogP contribution in [0.25, 0.3) is 0 Å². The topological polar surface area (TPSA) is 76.2 Å². The molecule has 0 saturated heterocycles. The number of hydrogen-bond acceptors (Lipinski definition) is 3. The molecule has 1 rings (SSSR count). The average molecular weight is 269 g/mol. The van der Waals surface area contributed by atoms with Crippen LogP contribution in [-0.4, -0.2) is 32.4 Å². The molecule has 0 saturated carbocycles. The van der Waals surface area contributed by atoms with Gasteiger partial charge < -0.3 is 5.73 Å². The van der Waals surface area contributed by atoms with Crippen LogP contribution in [0.2, 0.25) is 0 Å². The van der Waals surface area contributed by atoms with Crippen molar-refractivity contribution in [2.45, 2.75) is 26.7 Å². The normalized spacial score (nSPS) is 10.2. The molecule has 0 spiro atoms. The third-order valence-electron chi connectivity index (χ3n) is 2.58. The van der Waals surface area contributed by atoms with Crippen molar-refractivity contribution in [3.63, 3.8) is 0 Å². The van der Waals surface area contributed by atoms with E-state index in [1.165, 1.54) is 5.01 Å². The molecular weight excluding hydrogens is 250 g/mol. The Kier molecular flexibility index (Phi) is 5.08. The van der Waals surface area contributed by atoms with Crippen molar-refractivity contribution in [2.75, 3.05) is 6.54 Å². The van der Waals surface area contributed by atoms with Crippen molar-refractivity contribution in [3.05, 3.63) is 17.5 Å². The van der Waals surface area contributed by atoms with Gasteiger partial charge in [-0.3, -0.25) is 19.9 Å². The molecule has 0 bridgehead atoms. The van der Waals surface area contributed by atoms with Crippen LogP contribution in [0.15, 0.2) is 6.07 Å². The molecule has 18 heavy (non-hydrogen) atoms. The minimum absolute atomic E-state index is 0.157. The number of hydrogen-bond donors (Lipinski definition) is 2. The number of nitrogens with two attached hydrogens (primary N) is 1. The second-order valence-electron chi connectivity index (χ2n) is 4.08. The summed E-state index contributed by atoms with van der Waals surface area (Å²) >= 11 is 4.89. The molecule has 1 aromatic rings. The first-order chi connectivity index (χ1) is 8.45. The zero-order valence-electron chi connectivity index (χ0n) is 10.9. The van der Waals surface area contributed by atoms with Crippen molar-refractivity contribution in [1.82, 2.24) is 20.2 Å². The van der Waals surface area contributed by atoms with Crippen LogP contribution >= 0.6 is 12.2 Å². The van der Waals surface area contributed by atoms with Crippen molar-refractivity contribution in [2.24, 2.45) is 12.8 Å². The smallest absolute Gasteiger partial charge is 0.290 e. The summed E-state index contributed by atoms with van der Waals surface area (Å²) in [6, 6.07) is 1.72. The van der Waals surface area contributed by atoms with Gasteiger partial charge in [0.25, 0.3) is 5.91 Å². The fourth-order valence-corrected chi connectivity index (χ4v) is 1.53. The highest BCUT2D eigenvalue weighted by Crippen LogP contribution is 2.02. The van der Waals surface area contributed by atoms with Gasteiger partial charge in [-0.15, -0.1) is 0 Å². The minimum Gasteiger partial charge on any atom is -0.375 e. The quantitative estimate of drug-likeness (QED) is 0.622. The number of thiocarbonyl (C=S) groups is 1. The predicted molar refractivity (Wildman–Crippen MR) is 73.8 cm³/mol. The third kappa shape index (κ3) is 3.69. The van der Waals surface area contributed by atoms with Crippen molar-refractivity contribution in [3.8, 4) is 0 Å². The molecule has 0 aromatic carbocycles. The van der Waals surface area contributed by atoms with Gasteiger partial charge in [0.2, 0.25) is 0 Å². The lowest BCUT2D eigenvalue weighted by atomic mass is 10.3. The van der Waals surface area contributed by atoms with Crippen LogP contribution in [0.1, 0.15) is 35.9 Å². The lowest BCUT2D eigenvalue weighted by molar-refractivity contribution is 0.0864. The maximum Gasteiger partial charge on any atom is 0.290 e. The van der Waals surface area contributed by atoms with E-state index in [4.69, 9.17) is 18.0 Å². The molecule has 0 fully saturated rings. The highest BCUT2D eigenvalue weighted by Gasteiger charge is 2.15. The Bertz CT molecular complexity index is 423. The van der Waals surface area contributed by atoms with Gasteiger partial charge in [0.15, 0.2) is 10.8 Å². The lowest BCUT2D eigenvalue weighted by Gasteiger charge is -2.22. The molecule has 3 N–H and O–H groups in total. The Morgan fingerprint density at radius 1 is 1.67 bits per heavy atom. The zero-order chi connectivity index (χ0) is 13.7. The summed E-state index contributed by atoms with van der Waals surface area (Å²) in [4.78, 5) is 11.9. The van der Waals surface area contributed by atoms with E-state index in [0.717, 1.165) is 18.5 Å². The van der Waals surface area contributed by atoms with Crippen molar-refractivity contribution in [1.29, 1.82) is 0 Å². The number of aromatic nitrogens is 2.